The summed E-state index contributed by atoms with van der Waals surface area (Å²) >= 11 is 0. The Morgan fingerprint density at radius 3 is 2.37 bits per heavy atom. The van der Waals surface area contributed by atoms with Crippen LogP contribution >= 0.6 is 7.60 Å². The number of amides is 1. The standard InChI is InChI=1S/C12H27N2O4P/c1-9(2)12(14-11(4)15)19(16,17)18-10(3)7-5-6-8-13/h9-10,12H,5-8,13H2,1-4H3,(H,14,15)(H,16,17)/t10-,12?/m0/s1. The van der Waals surface area contributed by atoms with Gasteiger partial charge in [0.15, 0.2) is 0 Å². The van der Waals surface area contributed by atoms with Gasteiger partial charge in [0.2, 0.25) is 5.91 Å². The molecule has 3 atom stereocenters. The highest BCUT2D eigenvalue weighted by atomic mass is 31.2. The number of hydrogen-bond donors (Lipinski definition) is 3. The largest absolute Gasteiger partial charge is 0.350 e. The van der Waals surface area contributed by atoms with E-state index < -0.39 is 13.4 Å². The van der Waals surface area contributed by atoms with E-state index in [-0.39, 0.29) is 17.9 Å². The van der Waals surface area contributed by atoms with E-state index in [0.29, 0.717) is 13.0 Å². The molecular formula is C12H27N2O4P. The molecule has 7 heteroatoms. The third-order valence-corrected chi connectivity index (χ3v) is 4.82. The Morgan fingerprint density at radius 1 is 1.37 bits per heavy atom. The molecule has 1 amide bonds. The van der Waals surface area contributed by atoms with Gasteiger partial charge in [-0.2, -0.15) is 0 Å². The molecule has 0 heterocycles. The van der Waals surface area contributed by atoms with Gasteiger partial charge in [-0.05, 0) is 38.6 Å². The van der Waals surface area contributed by atoms with Crippen LogP contribution in [0.15, 0.2) is 0 Å². The van der Waals surface area contributed by atoms with E-state index in [0.717, 1.165) is 12.8 Å². The van der Waals surface area contributed by atoms with Gasteiger partial charge in [0.1, 0.15) is 5.78 Å². The van der Waals surface area contributed by atoms with Crippen molar-refractivity contribution < 1.29 is 18.8 Å². The summed E-state index contributed by atoms with van der Waals surface area (Å²) < 4.78 is 17.5. The minimum absolute atomic E-state index is 0.184. The van der Waals surface area contributed by atoms with Crippen molar-refractivity contribution in [1.82, 2.24) is 5.32 Å². The first-order valence-corrected chi connectivity index (χ1v) is 8.33. The van der Waals surface area contributed by atoms with Gasteiger partial charge >= 0.3 is 7.60 Å². The topological polar surface area (TPSA) is 102 Å². The molecule has 0 aromatic rings. The molecule has 0 aromatic carbocycles. The summed E-state index contributed by atoms with van der Waals surface area (Å²) in [6.45, 7) is 7.21. The van der Waals surface area contributed by atoms with Gasteiger partial charge in [-0.1, -0.05) is 13.8 Å². The SMILES string of the molecule is CC(=O)NC(C(C)C)P(=O)(O)O[C@@H](C)CCCCN. The number of nitrogens with two attached hydrogens (primary N) is 1. The lowest BCUT2D eigenvalue weighted by Gasteiger charge is -2.28. The summed E-state index contributed by atoms with van der Waals surface area (Å²) in [5.41, 5.74) is 5.39. The second-order valence-corrected chi connectivity index (χ2v) is 7.05. The maximum atomic E-state index is 12.2. The molecule has 0 spiro atoms. The fourth-order valence-corrected chi connectivity index (χ4v) is 3.64. The lowest BCUT2D eigenvalue weighted by molar-refractivity contribution is -0.119. The van der Waals surface area contributed by atoms with Gasteiger partial charge in [-0.25, -0.2) is 0 Å². The van der Waals surface area contributed by atoms with Crippen molar-refractivity contribution in [2.24, 2.45) is 11.7 Å². The molecule has 0 radical (unpaired) electrons. The third kappa shape index (κ3) is 7.67. The summed E-state index contributed by atoms with van der Waals surface area (Å²) in [6, 6.07) is 0. The Morgan fingerprint density at radius 2 is 1.95 bits per heavy atom. The summed E-state index contributed by atoms with van der Waals surface area (Å²) in [4.78, 5) is 21.1. The average Bonchev–Trinajstić information content (AvgIpc) is 2.24. The maximum absolute atomic E-state index is 12.2. The number of carbonyl (C=O) groups excluding carboxylic acids is 1. The quantitative estimate of drug-likeness (QED) is 0.445. The highest BCUT2D eigenvalue weighted by Gasteiger charge is 2.37. The van der Waals surface area contributed by atoms with Crippen LogP contribution < -0.4 is 11.1 Å². The van der Waals surface area contributed by atoms with Crippen molar-refractivity contribution in [3.63, 3.8) is 0 Å². The predicted octanol–water partition coefficient (Wildman–Crippen LogP) is 1.82. The molecule has 0 rings (SSSR count). The highest BCUT2D eigenvalue weighted by Crippen LogP contribution is 2.50. The Balaban J connectivity index is 4.54. The Hall–Kier alpha value is -0.420. The molecule has 0 fully saturated rings. The van der Waals surface area contributed by atoms with Gasteiger partial charge in [-0.15, -0.1) is 0 Å². The molecule has 6 nitrogen and oxygen atoms in total. The first kappa shape index (κ1) is 18.6. The molecule has 0 aliphatic heterocycles. The van der Waals surface area contributed by atoms with E-state index in [9.17, 15) is 14.3 Å². The summed E-state index contributed by atoms with van der Waals surface area (Å²) in [6.07, 6.45) is 2.05. The van der Waals surface area contributed by atoms with E-state index in [2.05, 4.69) is 5.32 Å². The molecule has 2 unspecified atom stereocenters. The van der Waals surface area contributed by atoms with Crippen molar-refractivity contribution in [2.75, 3.05) is 6.54 Å². The number of carbonyl (C=O) groups is 1. The molecule has 4 N–H and O–H groups in total. The normalized spacial score (nSPS) is 17.8. The zero-order chi connectivity index (χ0) is 15.1. The second-order valence-electron chi connectivity index (χ2n) is 5.15. The van der Waals surface area contributed by atoms with Gasteiger partial charge in [-0.3, -0.25) is 9.36 Å². The van der Waals surface area contributed by atoms with Crippen molar-refractivity contribution >= 4 is 13.5 Å². The maximum Gasteiger partial charge on any atom is 0.350 e. The van der Waals surface area contributed by atoms with Crippen LogP contribution in [0.2, 0.25) is 0 Å². The number of nitrogens with one attached hydrogen (secondary N) is 1. The first-order chi connectivity index (χ1) is 8.70. The number of rotatable bonds is 9. The van der Waals surface area contributed by atoms with Gasteiger partial charge in [0, 0.05) is 6.92 Å². The van der Waals surface area contributed by atoms with Gasteiger partial charge in [0.05, 0.1) is 6.10 Å². The minimum atomic E-state index is -3.88. The lowest BCUT2D eigenvalue weighted by atomic mass is 10.2. The molecule has 0 bridgehead atoms. The zero-order valence-electron chi connectivity index (χ0n) is 12.3. The van der Waals surface area contributed by atoms with Gasteiger partial charge < -0.3 is 20.5 Å². The van der Waals surface area contributed by atoms with E-state index >= 15 is 0 Å². The Labute approximate surface area is 115 Å². The van der Waals surface area contributed by atoms with E-state index in [1.165, 1.54) is 6.92 Å². The van der Waals surface area contributed by atoms with Gasteiger partial charge in [0.25, 0.3) is 0 Å². The molecule has 114 valence electrons. The molecule has 0 saturated heterocycles. The number of unbranched alkanes of at least 4 members (excludes halogenated alkanes) is 1. The van der Waals surface area contributed by atoms with Crippen molar-refractivity contribution in [3.8, 4) is 0 Å². The third-order valence-electron chi connectivity index (χ3n) is 2.73. The first-order valence-electron chi connectivity index (χ1n) is 6.68. The predicted molar refractivity (Wildman–Crippen MR) is 75.7 cm³/mol. The van der Waals surface area contributed by atoms with Crippen LogP contribution in [0.25, 0.3) is 0 Å². The highest BCUT2D eigenvalue weighted by molar-refractivity contribution is 7.53. The van der Waals surface area contributed by atoms with Crippen LogP contribution in [0, 0.1) is 5.92 Å². The minimum Gasteiger partial charge on any atom is -0.342 e. The molecule has 0 aliphatic carbocycles. The fraction of sp³-hybridized carbons (Fsp3) is 0.917. The molecule has 0 aromatic heterocycles. The van der Waals surface area contributed by atoms with Crippen molar-refractivity contribution in [3.05, 3.63) is 0 Å². The van der Waals surface area contributed by atoms with E-state index in [1.54, 1.807) is 20.8 Å². The lowest BCUT2D eigenvalue weighted by Crippen LogP contribution is -2.38. The number of hydrogen-bond acceptors (Lipinski definition) is 4. The Bertz CT molecular complexity index is 323. The molecular weight excluding hydrogens is 267 g/mol. The smallest absolute Gasteiger partial charge is 0.342 e. The average molecular weight is 294 g/mol. The van der Waals surface area contributed by atoms with Crippen molar-refractivity contribution in [2.45, 2.75) is 58.8 Å². The zero-order valence-corrected chi connectivity index (χ0v) is 13.2. The van der Waals surface area contributed by atoms with Crippen LogP contribution in [-0.2, 0) is 13.9 Å². The molecule has 19 heavy (non-hydrogen) atoms. The summed E-state index contributed by atoms with van der Waals surface area (Å²) in [7, 11) is -3.88. The van der Waals surface area contributed by atoms with Crippen molar-refractivity contribution in [1.29, 1.82) is 0 Å². The fourth-order valence-electron chi connectivity index (χ4n) is 1.79. The van der Waals surface area contributed by atoms with Crippen LogP contribution in [0.1, 0.15) is 47.0 Å². The monoisotopic (exact) mass is 294 g/mol. The summed E-state index contributed by atoms with van der Waals surface area (Å²) in [5.74, 6) is -1.40. The van der Waals surface area contributed by atoms with Crippen LogP contribution in [0.5, 0.6) is 0 Å². The molecule has 0 saturated carbocycles. The van der Waals surface area contributed by atoms with Crippen LogP contribution in [0.4, 0.5) is 0 Å². The molecule has 0 aliphatic rings. The van der Waals surface area contributed by atoms with E-state index in [1.807, 2.05) is 0 Å². The van der Waals surface area contributed by atoms with Crippen LogP contribution in [0.3, 0.4) is 0 Å². The Kier molecular flexibility index (Phi) is 8.50. The second kappa shape index (κ2) is 8.69. The van der Waals surface area contributed by atoms with Crippen LogP contribution in [-0.4, -0.2) is 29.2 Å². The van der Waals surface area contributed by atoms with E-state index in [4.69, 9.17) is 10.3 Å². The summed E-state index contributed by atoms with van der Waals surface area (Å²) in [5, 5.41) is 2.50.